The zero-order chi connectivity index (χ0) is 12.1. The van der Waals surface area contributed by atoms with Gasteiger partial charge >= 0.3 is 0 Å². The number of amides is 1. The van der Waals surface area contributed by atoms with E-state index in [2.05, 4.69) is 16.9 Å². The van der Waals surface area contributed by atoms with E-state index < -0.39 is 0 Å². The second-order valence-electron chi connectivity index (χ2n) is 4.02. The first kappa shape index (κ1) is 11.7. The molecule has 17 heavy (non-hydrogen) atoms. The average molecular weight is 232 g/mol. The summed E-state index contributed by atoms with van der Waals surface area (Å²) in [5.74, 6) is 5.77. The number of likely N-dealkylation sites (tertiary alicyclic amines) is 1. The van der Waals surface area contributed by atoms with Crippen molar-refractivity contribution >= 4 is 5.91 Å². The Morgan fingerprint density at radius 3 is 2.94 bits per heavy atom. The molecule has 1 fully saturated rings. The molecule has 5 heteroatoms. The number of carbonyl (C=O) groups is 1. The largest absolute Gasteiger partial charge is 0.341 e. The lowest BCUT2D eigenvalue weighted by atomic mass is 10.3. The molecule has 90 valence electrons. The van der Waals surface area contributed by atoms with Gasteiger partial charge in [-0.25, -0.2) is 0 Å². The zero-order valence-electron chi connectivity index (χ0n) is 9.72. The smallest absolute Gasteiger partial charge is 0.244 e. The minimum atomic E-state index is 0.129. The molecule has 1 saturated heterocycles. The van der Waals surface area contributed by atoms with Gasteiger partial charge < -0.3 is 10.6 Å². The van der Waals surface area contributed by atoms with Gasteiger partial charge in [0.05, 0.1) is 18.3 Å². The fourth-order valence-electron chi connectivity index (χ4n) is 1.87. The Morgan fingerprint density at radius 2 is 2.24 bits per heavy atom. The predicted octanol–water partition coefficient (Wildman–Crippen LogP) is -0.184. The zero-order valence-corrected chi connectivity index (χ0v) is 9.72. The van der Waals surface area contributed by atoms with Crippen molar-refractivity contribution in [1.82, 2.24) is 14.7 Å². The summed E-state index contributed by atoms with van der Waals surface area (Å²) in [7, 11) is 0. The SMILES string of the molecule is NCC#Cc1cnn(CC(=O)N2CCCC2)c1. The van der Waals surface area contributed by atoms with Crippen molar-refractivity contribution in [2.24, 2.45) is 5.73 Å². The Kier molecular flexibility index (Phi) is 3.78. The molecule has 2 rings (SSSR count). The first-order valence-corrected chi connectivity index (χ1v) is 5.79. The van der Waals surface area contributed by atoms with Crippen LogP contribution < -0.4 is 5.73 Å². The predicted molar refractivity (Wildman–Crippen MR) is 64.0 cm³/mol. The number of aromatic nitrogens is 2. The first-order valence-electron chi connectivity index (χ1n) is 5.79. The molecule has 0 aromatic carbocycles. The fourth-order valence-corrected chi connectivity index (χ4v) is 1.87. The summed E-state index contributed by atoms with van der Waals surface area (Å²) >= 11 is 0. The number of hydrogen-bond acceptors (Lipinski definition) is 3. The van der Waals surface area contributed by atoms with Gasteiger partial charge in [0.25, 0.3) is 0 Å². The van der Waals surface area contributed by atoms with Gasteiger partial charge in [0.1, 0.15) is 6.54 Å². The van der Waals surface area contributed by atoms with Crippen LogP contribution in [0.5, 0.6) is 0 Å². The third-order valence-electron chi connectivity index (χ3n) is 2.72. The lowest BCUT2D eigenvalue weighted by molar-refractivity contribution is -0.130. The van der Waals surface area contributed by atoms with Crippen LogP contribution in [-0.4, -0.2) is 40.2 Å². The van der Waals surface area contributed by atoms with Crippen molar-refractivity contribution in [2.75, 3.05) is 19.6 Å². The lowest BCUT2D eigenvalue weighted by Crippen LogP contribution is -2.31. The molecule has 1 aromatic heterocycles. The third kappa shape index (κ3) is 3.08. The quantitative estimate of drug-likeness (QED) is 0.719. The van der Waals surface area contributed by atoms with Crippen LogP contribution in [0.1, 0.15) is 18.4 Å². The lowest BCUT2D eigenvalue weighted by Gasteiger charge is -2.14. The van der Waals surface area contributed by atoms with E-state index in [0.717, 1.165) is 31.5 Å². The summed E-state index contributed by atoms with van der Waals surface area (Å²) in [4.78, 5) is 13.7. The van der Waals surface area contributed by atoms with Crippen LogP contribution in [-0.2, 0) is 11.3 Å². The van der Waals surface area contributed by atoms with E-state index in [0.29, 0.717) is 13.1 Å². The van der Waals surface area contributed by atoms with Crippen LogP contribution in [0.4, 0.5) is 0 Å². The van der Waals surface area contributed by atoms with E-state index in [-0.39, 0.29) is 5.91 Å². The summed E-state index contributed by atoms with van der Waals surface area (Å²) in [6.45, 7) is 2.38. The molecule has 1 aromatic rings. The van der Waals surface area contributed by atoms with Gasteiger partial charge in [-0.2, -0.15) is 5.10 Å². The summed E-state index contributed by atoms with van der Waals surface area (Å²) in [6, 6.07) is 0. The first-order chi connectivity index (χ1) is 8.29. The molecule has 0 aliphatic carbocycles. The molecule has 1 aliphatic heterocycles. The Labute approximate surface area is 101 Å². The van der Waals surface area contributed by atoms with E-state index in [1.54, 1.807) is 17.1 Å². The van der Waals surface area contributed by atoms with Crippen molar-refractivity contribution in [1.29, 1.82) is 0 Å². The molecular formula is C12H16N4O. The van der Waals surface area contributed by atoms with E-state index in [4.69, 9.17) is 5.73 Å². The molecule has 0 atom stereocenters. The minimum absolute atomic E-state index is 0.129. The van der Waals surface area contributed by atoms with Crippen LogP contribution in [0.3, 0.4) is 0 Å². The van der Waals surface area contributed by atoms with Gasteiger partial charge in [-0.1, -0.05) is 11.8 Å². The topological polar surface area (TPSA) is 64.1 Å². The van der Waals surface area contributed by atoms with Crippen LogP contribution in [0.25, 0.3) is 0 Å². The highest BCUT2D eigenvalue weighted by Gasteiger charge is 2.18. The van der Waals surface area contributed by atoms with Crippen LogP contribution >= 0.6 is 0 Å². The molecule has 1 aliphatic rings. The molecule has 5 nitrogen and oxygen atoms in total. The standard InChI is InChI=1S/C12H16N4O/c13-5-3-4-11-8-14-16(9-11)10-12(17)15-6-1-2-7-15/h8-9H,1-2,5-7,10,13H2. The minimum Gasteiger partial charge on any atom is -0.341 e. The van der Waals surface area contributed by atoms with Crippen molar-refractivity contribution in [3.8, 4) is 11.8 Å². The summed E-state index contributed by atoms with van der Waals surface area (Å²) in [5, 5.41) is 4.11. The number of hydrogen-bond donors (Lipinski definition) is 1. The van der Waals surface area contributed by atoms with E-state index in [1.807, 2.05) is 4.90 Å². The second kappa shape index (κ2) is 5.51. The van der Waals surface area contributed by atoms with Gasteiger partial charge in [-0.15, -0.1) is 0 Å². The molecule has 2 heterocycles. The maximum Gasteiger partial charge on any atom is 0.244 e. The van der Waals surface area contributed by atoms with Crippen molar-refractivity contribution in [3.63, 3.8) is 0 Å². The van der Waals surface area contributed by atoms with Crippen molar-refractivity contribution in [2.45, 2.75) is 19.4 Å². The number of nitrogens with two attached hydrogens (primary N) is 1. The average Bonchev–Trinajstić information content (AvgIpc) is 2.97. The monoisotopic (exact) mass is 232 g/mol. The van der Waals surface area contributed by atoms with Gasteiger partial charge in [0, 0.05) is 19.3 Å². The highest BCUT2D eigenvalue weighted by molar-refractivity contribution is 5.76. The fraction of sp³-hybridized carbons (Fsp3) is 0.500. The number of nitrogens with zero attached hydrogens (tertiary/aromatic N) is 3. The van der Waals surface area contributed by atoms with E-state index >= 15 is 0 Å². The summed E-state index contributed by atoms with van der Waals surface area (Å²) in [6.07, 6.45) is 5.65. The molecule has 2 N–H and O–H groups in total. The van der Waals surface area contributed by atoms with Crippen molar-refractivity contribution < 1.29 is 4.79 Å². The maximum atomic E-state index is 11.8. The summed E-state index contributed by atoms with van der Waals surface area (Å²) < 4.78 is 1.63. The third-order valence-corrected chi connectivity index (χ3v) is 2.72. The Hall–Kier alpha value is -1.80. The van der Waals surface area contributed by atoms with Crippen LogP contribution in [0.2, 0.25) is 0 Å². The molecular weight excluding hydrogens is 216 g/mol. The van der Waals surface area contributed by atoms with Crippen LogP contribution in [0.15, 0.2) is 12.4 Å². The maximum absolute atomic E-state index is 11.8. The highest BCUT2D eigenvalue weighted by atomic mass is 16.2. The van der Waals surface area contributed by atoms with E-state index in [1.165, 1.54) is 0 Å². The van der Waals surface area contributed by atoms with Crippen LogP contribution in [0, 0.1) is 11.8 Å². The van der Waals surface area contributed by atoms with Gasteiger partial charge in [-0.05, 0) is 12.8 Å². The molecule has 1 amide bonds. The van der Waals surface area contributed by atoms with Gasteiger partial charge in [-0.3, -0.25) is 9.48 Å². The highest BCUT2D eigenvalue weighted by Crippen LogP contribution is 2.08. The Balaban J connectivity index is 1.94. The second-order valence-corrected chi connectivity index (χ2v) is 4.02. The number of rotatable bonds is 2. The molecule has 0 saturated carbocycles. The molecule has 0 radical (unpaired) electrons. The summed E-state index contributed by atoms with van der Waals surface area (Å²) in [5.41, 5.74) is 6.08. The number of carbonyl (C=O) groups excluding carboxylic acids is 1. The van der Waals surface area contributed by atoms with Gasteiger partial charge in [0.2, 0.25) is 5.91 Å². The van der Waals surface area contributed by atoms with E-state index in [9.17, 15) is 4.79 Å². The molecule has 0 spiro atoms. The normalized spacial score (nSPS) is 14.5. The molecule has 0 bridgehead atoms. The Bertz CT molecular complexity index is 449. The van der Waals surface area contributed by atoms with Gasteiger partial charge in [0.15, 0.2) is 0 Å². The molecule has 0 unspecified atom stereocenters. The van der Waals surface area contributed by atoms with Crippen molar-refractivity contribution in [3.05, 3.63) is 18.0 Å². The Morgan fingerprint density at radius 1 is 1.47 bits per heavy atom.